The fraction of sp³-hybridized carbons (Fsp3) is 0.794. The molecular weight excluding hydrogens is 505 g/mol. The maximum atomic E-state index is 14.3. The summed E-state index contributed by atoms with van der Waals surface area (Å²) in [7, 11) is 1.92. The molecule has 1 aliphatic carbocycles. The van der Waals surface area contributed by atoms with Gasteiger partial charge >= 0.3 is 0 Å². The van der Waals surface area contributed by atoms with Gasteiger partial charge in [-0.2, -0.15) is 0 Å². The quantitative estimate of drug-likeness (QED) is 0.188. The van der Waals surface area contributed by atoms with E-state index in [4.69, 9.17) is 4.74 Å². The van der Waals surface area contributed by atoms with Crippen molar-refractivity contribution in [1.82, 2.24) is 4.90 Å². The molecule has 2 N–H and O–H groups in total. The molecule has 3 rings (SSSR count). The number of amides is 1. The third-order valence-electron chi connectivity index (χ3n) is 10.2. The molecule has 1 aliphatic heterocycles. The Bertz CT molecular complexity index is 921. The standard InChI is InChI=1S/C34H56FNO4/c1-5-6-22-36(4)31(39)17-15-13-11-9-7-8-10-12-14-16-26-20-21-34(25-37)24-28(26)32(40-33(34,2)3)27-18-19-30(38)29(35)23-27/h18-19,23,26,28,32,37-38H,5-17,20-22,24-25H2,1-4H3. The fourth-order valence-corrected chi connectivity index (χ4v) is 7.17. The van der Waals surface area contributed by atoms with Crippen LogP contribution in [0.15, 0.2) is 18.2 Å². The van der Waals surface area contributed by atoms with Crippen LogP contribution in [0.5, 0.6) is 5.75 Å². The van der Waals surface area contributed by atoms with Gasteiger partial charge in [0.2, 0.25) is 5.91 Å². The second-order valence-electron chi connectivity index (χ2n) is 13.3. The van der Waals surface area contributed by atoms with Crippen LogP contribution in [-0.4, -0.2) is 46.8 Å². The molecule has 6 heteroatoms. The maximum Gasteiger partial charge on any atom is 0.222 e. The predicted molar refractivity (Wildman–Crippen MR) is 160 cm³/mol. The maximum absolute atomic E-state index is 14.3. The van der Waals surface area contributed by atoms with Crippen molar-refractivity contribution in [2.75, 3.05) is 20.2 Å². The number of halogens is 1. The molecule has 0 radical (unpaired) electrons. The SMILES string of the molecule is CCCCN(C)C(=O)CCCCCCCCCCCC1CCC2(CO)CC1C(c1ccc(O)c(F)c1)OC2(C)C. The molecule has 5 nitrogen and oxygen atoms in total. The van der Waals surface area contributed by atoms with E-state index in [-0.39, 0.29) is 29.8 Å². The van der Waals surface area contributed by atoms with E-state index in [1.807, 2.05) is 11.9 Å². The van der Waals surface area contributed by atoms with Crippen LogP contribution in [0.4, 0.5) is 4.39 Å². The highest BCUT2D eigenvalue weighted by atomic mass is 19.1. The van der Waals surface area contributed by atoms with Crippen LogP contribution in [0, 0.1) is 23.1 Å². The minimum atomic E-state index is -0.603. The van der Waals surface area contributed by atoms with Gasteiger partial charge in [0.25, 0.3) is 0 Å². The summed E-state index contributed by atoms with van der Waals surface area (Å²) in [4.78, 5) is 14.0. The van der Waals surface area contributed by atoms with Crippen LogP contribution < -0.4 is 0 Å². The van der Waals surface area contributed by atoms with E-state index < -0.39 is 11.4 Å². The summed E-state index contributed by atoms with van der Waals surface area (Å²) in [6.07, 6.45) is 17.6. The number of unbranched alkanes of at least 4 members (excludes halogenated alkanes) is 9. The minimum absolute atomic E-state index is 0.117. The molecule has 2 aliphatic rings. The predicted octanol–water partition coefficient (Wildman–Crippen LogP) is 8.33. The van der Waals surface area contributed by atoms with E-state index >= 15 is 0 Å². The van der Waals surface area contributed by atoms with Gasteiger partial charge in [0.1, 0.15) is 0 Å². The Morgan fingerprint density at radius 3 is 2.33 bits per heavy atom. The number of ether oxygens (including phenoxy) is 1. The van der Waals surface area contributed by atoms with Crippen molar-refractivity contribution >= 4 is 5.91 Å². The lowest BCUT2D eigenvalue weighted by atomic mass is 9.55. The lowest BCUT2D eigenvalue weighted by Gasteiger charge is -2.59. The van der Waals surface area contributed by atoms with E-state index in [0.717, 1.165) is 63.5 Å². The number of carbonyl (C=O) groups excluding carboxylic acids is 1. The van der Waals surface area contributed by atoms with Crippen LogP contribution in [0.25, 0.3) is 0 Å². The number of fused-ring (bicyclic) bond motifs is 2. The molecule has 1 heterocycles. The van der Waals surface area contributed by atoms with Crippen LogP contribution in [0.2, 0.25) is 0 Å². The van der Waals surface area contributed by atoms with E-state index in [2.05, 4.69) is 20.8 Å². The number of phenolic OH excluding ortho intramolecular Hbond substituents is 1. The van der Waals surface area contributed by atoms with Crippen LogP contribution >= 0.6 is 0 Å². The van der Waals surface area contributed by atoms with E-state index in [0.29, 0.717) is 18.2 Å². The zero-order chi connectivity index (χ0) is 29.2. The first-order chi connectivity index (χ1) is 19.1. The first kappa shape index (κ1) is 32.8. The van der Waals surface area contributed by atoms with E-state index in [1.54, 1.807) is 6.07 Å². The van der Waals surface area contributed by atoms with Crippen molar-refractivity contribution < 1.29 is 24.1 Å². The summed E-state index contributed by atoms with van der Waals surface area (Å²) in [6, 6.07) is 4.65. The van der Waals surface area contributed by atoms with Gasteiger partial charge in [0.05, 0.1) is 18.3 Å². The summed E-state index contributed by atoms with van der Waals surface area (Å²) >= 11 is 0. The van der Waals surface area contributed by atoms with Crippen molar-refractivity contribution in [3.8, 4) is 5.75 Å². The lowest BCUT2D eigenvalue weighted by Crippen LogP contribution is -2.58. The average Bonchev–Trinajstić information content (AvgIpc) is 2.94. The molecule has 40 heavy (non-hydrogen) atoms. The molecule has 1 aromatic rings. The summed E-state index contributed by atoms with van der Waals surface area (Å²) in [5, 5.41) is 20.1. The summed E-state index contributed by atoms with van der Waals surface area (Å²) < 4.78 is 20.9. The van der Waals surface area contributed by atoms with Gasteiger partial charge in [-0.1, -0.05) is 77.2 Å². The largest absolute Gasteiger partial charge is 0.505 e. The Morgan fingerprint density at radius 2 is 1.70 bits per heavy atom. The molecule has 228 valence electrons. The number of aliphatic hydroxyl groups excluding tert-OH is 1. The molecule has 4 unspecified atom stereocenters. The van der Waals surface area contributed by atoms with Crippen molar-refractivity contribution in [1.29, 1.82) is 0 Å². The number of hydrogen-bond donors (Lipinski definition) is 2. The van der Waals surface area contributed by atoms with E-state index in [9.17, 15) is 19.4 Å². The summed E-state index contributed by atoms with van der Waals surface area (Å²) in [6.45, 7) is 7.28. The first-order valence-corrected chi connectivity index (χ1v) is 16.1. The van der Waals surface area contributed by atoms with Gasteiger partial charge in [-0.3, -0.25) is 4.79 Å². The van der Waals surface area contributed by atoms with Gasteiger partial charge in [-0.25, -0.2) is 4.39 Å². The molecule has 2 bridgehead atoms. The molecule has 0 aromatic heterocycles. The highest BCUT2D eigenvalue weighted by molar-refractivity contribution is 5.75. The zero-order valence-corrected chi connectivity index (χ0v) is 25.7. The summed E-state index contributed by atoms with van der Waals surface area (Å²) in [5.74, 6) is 0.106. The molecule has 1 saturated carbocycles. The monoisotopic (exact) mass is 561 g/mol. The molecule has 2 fully saturated rings. The Hall–Kier alpha value is -1.66. The molecule has 1 amide bonds. The first-order valence-electron chi connectivity index (χ1n) is 16.1. The second-order valence-corrected chi connectivity index (χ2v) is 13.3. The highest BCUT2D eigenvalue weighted by Crippen LogP contribution is 2.60. The molecule has 0 spiro atoms. The number of benzene rings is 1. The van der Waals surface area contributed by atoms with Gasteiger partial charge in [0, 0.05) is 25.4 Å². The second kappa shape index (κ2) is 15.5. The molecule has 1 saturated heterocycles. The molecule has 1 aromatic carbocycles. The number of hydrogen-bond acceptors (Lipinski definition) is 4. The molecule has 4 atom stereocenters. The lowest BCUT2D eigenvalue weighted by molar-refractivity contribution is -0.253. The number of rotatable bonds is 17. The van der Waals surface area contributed by atoms with Gasteiger partial charge < -0.3 is 19.8 Å². The number of nitrogens with zero attached hydrogens (tertiary/aromatic N) is 1. The molecular formula is C34H56FNO4. The van der Waals surface area contributed by atoms with Gasteiger partial charge in [-0.15, -0.1) is 0 Å². The van der Waals surface area contributed by atoms with Crippen LogP contribution in [-0.2, 0) is 9.53 Å². The third kappa shape index (κ3) is 8.44. The third-order valence-corrected chi connectivity index (χ3v) is 10.2. The van der Waals surface area contributed by atoms with Crippen molar-refractivity contribution in [2.45, 2.75) is 135 Å². The van der Waals surface area contributed by atoms with Crippen LogP contribution in [0.1, 0.15) is 135 Å². The Labute approximate surface area is 242 Å². The normalized spacial score (nSPS) is 25.6. The smallest absolute Gasteiger partial charge is 0.222 e. The average molecular weight is 562 g/mol. The van der Waals surface area contributed by atoms with E-state index in [1.165, 1.54) is 57.1 Å². The minimum Gasteiger partial charge on any atom is -0.505 e. The number of aliphatic hydroxyl groups is 1. The Morgan fingerprint density at radius 1 is 1.05 bits per heavy atom. The number of carbonyl (C=O) groups is 1. The number of phenols is 1. The van der Waals surface area contributed by atoms with Crippen molar-refractivity contribution in [3.05, 3.63) is 29.6 Å². The highest BCUT2D eigenvalue weighted by Gasteiger charge is 2.57. The zero-order valence-electron chi connectivity index (χ0n) is 25.7. The van der Waals surface area contributed by atoms with Crippen LogP contribution in [0.3, 0.4) is 0 Å². The number of aromatic hydroxyl groups is 1. The van der Waals surface area contributed by atoms with Gasteiger partial charge in [0.15, 0.2) is 11.6 Å². The van der Waals surface area contributed by atoms with Gasteiger partial charge in [-0.05, 0) is 75.5 Å². The van der Waals surface area contributed by atoms with Crippen molar-refractivity contribution in [3.63, 3.8) is 0 Å². The summed E-state index contributed by atoms with van der Waals surface area (Å²) in [5.41, 5.74) is 0.0425. The fourth-order valence-electron chi connectivity index (χ4n) is 7.17. The topological polar surface area (TPSA) is 70.0 Å². The van der Waals surface area contributed by atoms with Crippen molar-refractivity contribution in [2.24, 2.45) is 17.3 Å². The Kier molecular flexibility index (Phi) is 12.8. The Balaban J connectivity index is 1.37.